The number of aromatic amines is 1. The Kier molecular flexibility index (Phi) is 2.64. The zero-order valence-electron chi connectivity index (χ0n) is 7.35. The van der Waals surface area contributed by atoms with Crippen molar-refractivity contribution in [2.75, 3.05) is 0 Å². The molecule has 6 heteroatoms. The molecule has 0 aliphatic rings. The second kappa shape index (κ2) is 3.93. The minimum atomic E-state index is 0.682. The van der Waals surface area contributed by atoms with E-state index in [4.69, 9.17) is 0 Å². The molecule has 0 bridgehead atoms. The zero-order chi connectivity index (χ0) is 9.97. The lowest BCUT2D eigenvalue weighted by Gasteiger charge is -1.87. The Balaban J connectivity index is 2.14. The number of aryl methyl sites for hydroxylation is 1. The van der Waals surface area contributed by atoms with Gasteiger partial charge in [0.1, 0.15) is 5.82 Å². The number of aldehydes is 1. The summed E-state index contributed by atoms with van der Waals surface area (Å²) in [6.07, 6.45) is 0.845. The summed E-state index contributed by atoms with van der Waals surface area (Å²) in [4.78, 5) is 15.3. The summed E-state index contributed by atoms with van der Waals surface area (Å²) < 4.78 is 1.02. The van der Waals surface area contributed by atoms with Gasteiger partial charge in [0.25, 0.3) is 0 Å². The van der Waals surface area contributed by atoms with Crippen LogP contribution >= 0.6 is 23.1 Å². The van der Waals surface area contributed by atoms with Crippen LogP contribution in [0.2, 0.25) is 0 Å². The van der Waals surface area contributed by atoms with Crippen LogP contribution in [-0.2, 0) is 0 Å². The van der Waals surface area contributed by atoms with Crippen molar-refractivity contribution in [2.24, 2.45) is 0 Å². The van der Waals surface area contributed by atoms with Crippen LogP contribution in [0.1, 0.15) is 15.5 Å². The van der Waals surface area contributed by atoms with Gasteiger partial charge < -0.3 is 0 Å². The molecule has 1 N–H and O–H groups in total. The Morgan fingerprint density at radius 1 is 1.57 bits per heavy atom. The van der Waals surface area contributed by atoms with Crippen molar-refractivity contribution in [2.45, 2.75) is 16.3 Å². The van der Waals surface area contributed by atoms with Gasteiger partial charge in [-0.25, -0.2) is 4.98 Å². The fraction of sp³-hybridized carbons (Fsp3) is 0.125. The lowest BCUT2D eigenvalue weighted by molar-refractivity contribution is 0.112. The summed E-state index contributed by atoms with van der Waals surface area (Å²) in [6.45, 7) is 1.85. The van der Waals surface area contributed by atoms with E-state index in [-0.39, 0.29) is 0 Å². The van der Waals surface area contributed by atoms with Gasteiger partial charge in [-0.2, -0.15) is 0 Å². The number of thiophene rings is 1. The van der Waals surface area contributed by atoms with Gasteiger partial charge in [-0.15, -0.1) is 16.4 Å². The molecule has 14 heavy (non-hydrogen) atoms. The molecule has 0 atom stereocenters. The molecule has 0 saturated heterocycles. The highest BCUT2D eigenvalue weighted by Gasteiger charge is 2.05. The van der Waals surface area contributed by atoms with Gasteiger partial charge in [0.15, 0.2) is 6.29 Å². The Hall–Kier alpha value is -1.14. The van der Waals surface area contributed by atoms with E-state index in [1.165, 1.54) is 23.1 Å². The molecule has 72 valence electrons. The van der Waals surface area contributed by atoms with Gasteiger partial charge in [-0.1, -0.05) is 0 Å². The van der Waals surface area contributed by atoms with Crippen molar-refractivity contribution in [1.29, 1.82) is 0 Å². The highest BCUT2D eigenvalue weighted by atomic mass is 32.2. The molecule has 0 aromatic carbocycles. The van der Waals surface area contributed by atoms with Gasteiger partial charge in [-0.3, -0.25) is 9.89 Å². The third-order valence-corrected chi connectivity index (χ3v) is 3.49. The second-order valence-corrected chi connectivity index (χ2v) is 4.96. The molecule has 0 spiro atoms. The average Bonchev–Trinajstić information content (AvgIpc) is 2.76. The van der Waals surface area contributed by atoms with Crippen molar-refractivity contribution in [3.8, 4) is 0 Å². The van der Waals surface area contributed by atoms with Crippen LogP contribution in [0, 0.1) is 6.92 Å². The molecule has 0 unspecified atom stereocenters. The van der Waals surface area contributed by atoms with Crippen molar-refractivity contribution < 1.29 is 4.79 Å². The zero-order valence-corrected chi connectivity index (χ0v) is 8.98. The van der Waals surface area contributed by atoms with E-state index in [1.807, 2.05) is 13.0 Å². The molecule has 0 radical (unpaired) electrons. The summed E-state index contributed by atoms with van der Waals surface area (Å²) in [5.41, 5.74) is 0. The van der Waals surface area contributed by atoms with Crippen LogP contribution in [0.15, 0.2) is 21.5 Å². The summed E-state index contributed by atoms with van der Waals surface area (Å²) in [5.74, 6) is 0.791. The second-order valence-electron chi connectivity index (χ2n) is 2.58. The first-order valence-electron chi connectivity index (χ1n) is 3.90. The van der Waals surface area contributed by atoms with Gasteiger partial charge in [0, 0.05) is 0 Å². The molecule has 0 amide bonds. The fourth-order valence-corrected chi connectivity index (χ4v) is 2.73. The van der Waals surface area contributed by atoms with E-state index in [9.17, 15) is 4.79 Å². The Morgan fingerprint density at radius 2 is 2.43 bits per heavy atom. The SMILES string of the molecule is Cc1nc(Sc2ccc(C=O)s2)n[nH]1. The quantitative estimate of drug-likeness (QED) is 0.813. The smallest absolute Gasteiger partial charge is 0.214 e. The average molecular weight is 225 g/mol. The van der Waals surface area contributed by atoms with Crippen LogP contribution < -0.4 is 0 Å². The number of nitrogens with one attached hydrogen (secondary N) is 1. The van der Waals surface area contributed by atoms with Crippen molar-refractivity contribution >= 4 is 29.4 Å². The normalized spacial score (nSPS) is 10.4. The third kappa shape index (κ3) is 2.02. The Morgan fingerprint density at radius 3 is 3.00 bits per heavy atom. The van der Waals surface area contributed by atoms with E-state index in [2.05, 4.69) is 15.2 Å². The Bertz CT molecular complexity index is 449. The maximum Gasteiger partial charge on any atom is 0.214 e. The topological polar surface area (TPSA) is 58.6 Å². The maximum atomic E-state index is 10.4. The maximum absolute atomic E-state index is 10.4. The van der Waals surface area contributed by atoms with Crippen molar-refractivity contribution in [3.63, 3.8) is 0 Å². The number of carbonyl (C=O) groups excluding carboxylic acids is 1. The predicted molar refractivity (Wildman–Crippen MR) is 54.9 cm³/mol. The molecule has 0 aliphatic carbocycles. The summed E-state index contributed by atoms with van der Waals surface area (Å²) in [7, 11) is 0. The summed E-state index contributed by atoms with van der Waals surface area (Å²) in [6, 6.07) is 3.68. The van der Waals surface area contributed by atoms with Gasteiger partial charge >= 0.3 is 0 Å². The number of nitrogens with zero attached hydrogens (tertiary/aromatic N) is 2. The van der Waals surface area contributed by atoms with Crippen molar-refractivity contribution in [3.05, 3.63) is 22.8 Å². The number of H-pyrrole nitrogens is 1. The third-order valence-electron chi connectivity index (χ3n) is 1.49. The number of hydrogen-bond acceptors (Lipinski definition) is 5. The van der Waals surface area contributed by atoms with Crippen LogP contribution in [0.3, 0.4) is 0 Å². The van der Waals surface area contributed by atoms with Crippen LogP contribution in [0.25, 0.3) is 0 Å². The number of rotatable bonds is 3. The number of hydrogen-bond donors (Lipinski definition) is 1. The fourth-order valence-electron chi connectivity index (χ4n) is 0.910. The van der Waals surface area contributed by atoms with Gasteiger partial charge in [-0.05, 0) is 30.8 Å². The standard InChI is InChI=1S/C8H7N3OS2/c1-5-9-8(11-10-5)14-7-3-2-6(4-12)13-7/h2-4H,1H3,(H,9,10,11). The molecule has 0 saturated carbocycles. The molecule has 4 nitrogen and oxygen atoms in total. The first kappa shape index (κ1) is 9.42. The van der Waals surface area contributed by atoms with Crippen LogP contribution in [-0.4, -0.2) is 21.5 Å². The van der Waals surface area contributed by atoms with Crippen LogP contribution in [0.4, 0.5) is 0 Å². The summed E-state index contributed by atoms with van der Waals surface area (Å²) in [5, 5.41) is 7.44. The van der Waals surface area contributed by atoms with E-state index in [1.54, 1.807) is 6.07 Å². The molecule has 0 fully saturated rings. The van der Waals surface area contributed by atoms with E-state index in [0.717, 1.165) is 21.2 Å². The number of aromatic nitrogens is 3. The van der Waals surface area contributed by atoms with Gasteiger partial charge in [0.2, 0.25) is 5.16 Å². The number of carbonyl (C=O) groups is 1. The minimum Gasteiger partial charge on any atom is -0.297 e. The van der Waals surface area contributed by atoms with Crippen LogP contribution in [0.5, 0.6) is 0 Å². The monoisotopic (exact) mass is 225 g/mol. The predicted octanol–water partition coefficient (Wildman–Crippen LogP) is 2.14. The first-order valence-corrected chi connectivity index (χ1v) is 5.53. The highest BCUT2D eigenvalue weighted by molar-refractivity contribution is 8.01. The lowest BCUT2D eigenvalue weighted by atomic mass is 10.5. The largest absolute Gasteiger partial charge is 0.297 e. The molecule has 2 aromatic heterocycles. The van der Waals surface area contributed by atoms with E-state index >= 15 is 0 Å². The van der Waals surface area contributed by atoms with Gasteiger partial charge in [0.05, 0.1) is 9.09 Å². The highest BCUT2D eigenvalue weighted by Crippen LogP contribution is 2.30. The van der Waals surface area contributed by atoms with E-state index < -0.39 is 0 Å². The van der Waals surface area contributed by atoms with Crippen molar-refractivity contribution in [1.82, 2.24) is 15.2 Å². The first-order chi connectivity index (χ1) is 6.78. The molecule has 0 aliphatic heterocycles. The lowest BCUT2D eigenvalue weighted by Crippen LogP contribution is -1.72. The Labute approximate surface area is 88.8 Å². The molecule has 2 aromatic rings. The van der Waals surface area contributed by atoms with E-state index in [0.29, 0.717) is 5.16 Å². The minimum absolute atomic E-state index is 0.682. The molecule has 2 heterocycles. The molecule has 2 rings (SSSR count). The summed E-state index contributed by atoms with van der Waals surface area (Å²) >= 11 is 2.89. The molecular formula is C8H7N3OS2. The molecular weight excluding hydrogens is 218 g/mol.